The Balaban J connectivity index is 1.86. The highest BCUT2D eigenvalue weighted by atomic mass is 19.1. The van der Waals surface area contributed by atoms with Gasteiger partial charge in [-0.1, -0.05) is 5.16 Å². The second-order valence-electron chi connectivity index (χ2n) is 4.07. The van der Waals surface area contributed by atoms with E-state index in [1.54, 1.807) is 6.92 Å². The number of hydrogen-bond acceptors (Lipinski definition) is 6. The van der Waals surface area contributed by atoms with Gasteiger partial charge in [-0.15, -0.1) is 10.2 Å². The van der Waals surface area contributed by atoms with Crippen LogP contribution >= 0.6 is 0 Å². The van der Waals surface area contributed by atoms with E-state index < -0.39 is 11.6 Å². The molecule has 2 aromatic heterocycles. The minimum absolute atomic E-state index is 0.0228. The lowest BCUT2D eigenvalue weighted by Gasteiger charge is -1.95. The highest BCUT2D eigenvalue weighted by Gasteiger charge is 2.14. The molecule has 102 valence electrons. The Kier molecular flexibility index (Phi) is 2.97. The molecule has 0 N–H and O–H groups in total. The van der Waals surface area contributed by atoms with E-state index in [9.17, 15) is 8.78 Å². The van der Waals surface area contributed by atoms with Crippen LogP contribution in [0.2, 0.25) is 0 Å². The summed E-state index contributed by atoms with van der Waals surface area (Å²) in [5.74, 6) is -0.377. The van der Waals surface area contributed by atoms with E-state index in [2.05, 4.69) is 20.3 Å². The molecule has 3 rings (SSSR count). The fourth-order valence-electron chi connectivity index (χ4n) is 1.66. The van der Waals surface area contributed by atoms with Crippen LogP contribution in [0.4, 0.5) is 8.78 Å². The lowest BCUT2D eigenvalue weighted by molar-refractivity contribution is 0.370. The average molecular weight is 278 g/mol. The zero-order valence-electron chi connectivity index (χ0n) is 10.3. The molecule has 0 amide bonds. The molecule has 0 radical (unpaired) electrons. The maximum absolute atomic E-state index is 13.1. The van der Waals surface area contributed by atoms with E-state index >= 15 is 0 Å². The number of benzene rings is 1. The Hall–Kier alpha value is -2.64. The number of aromatic nitrogens is 4. The van der Waals surface area contributed by atoms with Crippen molar-refractivity contribution in [1.82, 2.24) is 20.3 Å². The maximum atomic E-state index is 13.1. The van der Waals surface area contributed by atoms with Gasteiger partial charge in [-0.25, -0.2) is 8.78 Å². The summed E-state index contributed by atoms with van der Waals surface area (Å²) in [5, 5.41) is 11.1. The SMILES string of the molecule is Cc1noc(Cc2nnc(-c3cc(F)cc(F)c3)o2)n1. The largest absolute Gasteiger partial charge is 0.420 e. The van der Waals surface area contributed by atoms with E-state index in [-0.39, 0.29) is 23.8 Å². The summed E-state index contributed by atoms with van der Waals surface area (Å²) >= 11 is 0. The summed E-state index contributed by atoms with van der Waals surface area (Å²) in [6.45, 7) is 1.68. The summed E-state index contributed by atoms with van der Waals surface area (Å²) in [6, 6.07) is 2.98. The molecule has 0 aliphatic carbocycles. The van der Waals surface area contributed by atoms with Crippen molar-refractivity contribution < 1.29 is 17.7 Å². The molecule has 0 saturated heterocycles. The van der Waals surface area contributed by atoms with Crippen LogP contribution in [0.1, 0.15) is 17.6 Å². The van der Waals surface area contributed by atoms with Crippen molar-refractivity contribution in [2.75, 3.05) is 0 Å². The van der Waals surface area contributed by atoms with Crippen molar-refractivity contribution in [3.05, 3.63) is 47.4 Å². The molecule has 3 aromatic rings. The van der Waals surface area contributed by atoms with Crippen LogP contribution in [0.5, 0.6) is 0 Å². The molecular formula is C12H8F2N4O2. The zero-order chi connectivity index (χ0) is 14.1. The minimum atomic E-state index is -0.715. The van der Waals surface area contributed by atoms with Crippen molar-refractivity contribution >= 4 is 0 Å². The van der Waals surface area contributed by atoms with Crippen LogP contribution in [0.15, 0.2) is 27.1 Å². The molecule has 8 heteroatoms. The quantitative estimate of drug-likeness (QED) is 0.731. The minimum Gasteiger partial charge on any atom is -0.420 e. The van der Waals surface area contributed by atoms with Gasteiger partial charge in [-0.2, -0.15) is 4.98 Å². The molecule has 0 atom stereocenters. The third-order valence-electron chi connectivity index (χ3n) is 2.45. The highest BCUT2D eigenvalue weighted by Crippen LogP contribution is 2.21. The summed E-state index contributed by atoms with van der Waals surface area (Å²) in [6.07, 6.45) is 0.158. The second-order valence-corrected chi connectivity index (χ2v) is 4.07. The third-order valence-corrected chi connectivity index (χ3v) is 2.45. The Morgan fingerprint density at radius 1 is 1.05 bits per heavy atom. The molecule has 2 heterocycles. The van der Waals surface area contributed by atoms with Gasteiger partial charge in [0.05, 0.1) is 0 Å². The number of hydrogen-bond donors (Lipinski definition) is 0. The van der Waals surface area contributed by atoms with Crippen LogP contribution in [-0.4, -0.2) is 20.3 Å². The van der Waals surface area contributed by atoms with E-state index in [0.29, 0.717) is 11.7 Å². The molecule has 0 bridgehead atoms. The van der Waals surface area contributed by atoms with E-state index in [1.807, 2.05) is 0 Å². The van der Waals surface area contributed by atoms with Crippen LogP contribution in [0.25, 0.3) is 11.5 Å². The normalized spacial score (nSPS) is 10.9. The fraction of sp³-hybridized carbons (Fsp3) is 0.167. The maximum Gasteiger partial charge on any atom is 0.247 e. The second kappa shape index (κ2) is 4.80. The summed E-state index contributed by atoms with van der Waals surface area (Å²) in [7, 11) is 0. The van der Waals surface area contributed by atoms with Gasteiger partial charge >= 0.3 is 0 Å². The smallest absolute Gasteiger partial charge is 0.247 e. The Labute approximate surface area is 111 Å². The molecule has 20 heavy (non-hydrogen) atoms. The van der Waals surface area contributed by atoms with Crippen LogP contribution in [0, 0.1) is 18.6 Å². The summed E-state index contributed by atoms with van der Waals surface area (Å²) in [4.78, 5) is 3.99. The van der Waals surface area contributed by atoms with Crippen LogP contribution < -0.4 is 0 Å². The van der Waals surface area contributed by atoms with Gasteiger partial charge in [-0.3, -0.25) is 0 Å². The van der Waals surface area contributed by atoms with E-state index in [4.69, 9.17) is 8.94 Å². The highest BCUT2D eigenvalue weighted by molar-refractivity contribution is 5.52. The molecular weight excluding hydrogens is 270 g/mol. The van der Waals surface area contributed by atoms with Gasteiger partial charge in [0.25, 0.3) is 0 Å². The van der Waals surface area contributed by atoms with Crippen molar-refractivity contribution in [3.63, 3.8) is 0 Å². The molecule has 0 aliphatic rings. The van der Waals surface area contributed by atoms with Crippen LogP contribution in [0.3, 0.4) is 0 Å². The molecule has 6 nitrogen and oxygen atoms in total. The number of rotatable bonds is 3. The summed E-state index contributed by atoms with van der Waals surface area (Å²) < 4.78 is 36.4. The van der Waals surface area contributed by atoms with Crippen molar-refractivity contribution in [1.29, 1.82) is 0 Å². The lowest BCUT2D eigenvalue weighted by atomic mass is 10.2. The standard InChI is InChI=1S/C12H8F2N4O2/c1-6-15-10(20-18-6)5-11-16-17-12(19-11)7-2-8(13)4-9(14)3-7/h2-4H,5H2,1H3. The third kappa shape index (κ3) is 2.53. The zero-order valence-corrected chi connectivity index (χ0v) is 10.3. The van der Waals surface area contributed by atoms with E-state index in [0.717, 1.165) is 18.2 Å². The Morgan fingerprint density at radius 2 is 1.80 bits per heavy atom. The van der Waals surface area contributed by atoms with Gasteiger partial charge in [0, 0.05) is 11.6 Å². The van der Waals surface area contributed by atoms with Crippen molar-refractivity contribution in [3.8, 4) is 11.5 Å². The summed E-state index contributed by atoms with van der Waals surface area (Å²) in [5.41, 5.74) is 0.169. The average Bonchev–Trinajstić information content (AvgIpc) is 2.98. The lowest BCUT2D eigenvalue weighted by Crippen LogP contribution is -1.88. The first-order valence-electron chi connectivity index (χ1n) is 5.68. The first-order chi connectivity index (χ1) is 9.60. The molecule has 0 spiro atoms. The molecule has 0 fully saturated rings. The monoisotopic (exact) mass is 278 g/mol. The van der Waals surface area contributed by atoms with Gasteiger partial charge in [-0.05, 0) is 19.1 Å². The number of nitrogens with zero attached hydrogens (tertiary/aromatic N) is 4. The molecule has 0 aliphatic heterocycles. The van der Waals surface area contributed by atoms with Gasteiger partial charge in [0.15, 0.2) is 5.82 Å². The number of aryl methyl sites for hydroxylation is 1. The topological polar surface area (TPSA) is 77.8 Å². The number of halogens is 2. The molecule has 1 aromatic carbocycles. The van der Waals surface area contributed by atoms with Gasteiger partial charge < -0.3 is 8.94 Å². The van der Waals surface area contributed by atoms with Crippen molar-refractivity contribution in [2.24, 2.45) is 0 Å². The first kappa shape index (κ1) is 12.4. The fourth-order valence-corrected chi connectivity index (χ4v) is 1.66. The van der Waals surface area contributed by atoms with Gasteiger partial charge in [0.1, 0.15) is 18.1 Å². The predicted octanol–water partition coefficient (Wildman–Crippen LogP) is 2.30. The Bertz CT molecular complexity index is 733. The van der Waals surface area contributed by atoms with Crippen molar-refractivity contribution in [2.45, 2.75) is 13.3 Å². The van der Waals surface area contributed by atoms with Gasteiger partial charge in [0.2, 0.25) is 17.7 Å². The Morgan fingerprint density at radius 3 is 2.45 bits per heavy atom. The molecule has 0 unspecified atom stereocenters. The predicted molar refractivity (Wildman–Crippen MR) is 61.5 cm³/mol. The van der Waals surface area contributed by atoms with E-state index in [1.165, 1.54) is 0 Å². The molecule has 0 saturated carbocycles. The first-order valence-corrected chi connectivity index (χ1v) is 5.68. The van der Waals surface area contributed by atoms with Crippen LogP contribution in [-0.2, 0) is 6.42 Å².